The van der Waals surface area contributed by atoms with E-state index in [4.69, 9.17) is 0 Å². The summed E-state index contributed by atoms with van der Waals surface area (Å²) in [7, 11) is 1.53. The van der Waals surface area contributed by atoms with Crippen molar-refractivity contribution in [3.8, 4) is 0 Å². The molecule has 1 aliphatic rings. The van der Waals surface area contributed by atoms with E-state index in [9.17, 15) is 9.59 Å². The van der Waals surface area contributed by atoms with Crippen LogP contribution in [0.1, 0.15) is 43.7 Å². The average Bonchev–Trinajstić information content (AvgIpc) is 2.59. The molecule has 1 fully saturated rings. The molecule has 2 heterocycles. The van der Waals surface area contributed by atoms with Crippen LogP contribution in [0, 0.1) is 0 Å². The number of likely N-dealkylation sites (tertiary alicyclic amines) is 1. The Morgan fingerprint density at radius 2 is 1.94 bits per heavy atom. The monoisotopic (exact) mass is 238 g/mol. The molecule has 2 unspecified atom stereocenters. The van der Waals surface area contributed by atoms with Crippen LogP contribution in [0.2, 0.25) is 0 Å². The smallest absolute Gasteiger partial charge is 0.331 e. The van der Waals surface area contributed by atoms with Gasteiger partial charge in [0.05, 0.1) is 0 Å². The van der Waals surface area contributed by atoms with Gasteiger partial charge in [0.25, 0.3) is 5.91 Å². The van der Waals surface area contributed by atoms with Gasteiger partial charge >= 0.3 is 5.69 Å². The van der Waals surface area contributed by atoms with Gasteiger partial charge < -0.3 is 4.90 Å². The van der Waals surface area contributed by atoms with E-state index in [1.807, 2.05) is 18.7 Å². The number of nitrogens with one attached hydrogen (secondary N) is 1. The van der Waals surface area contributed by atoms with Crippen LogP contribution in [0.5, 0.6) is 0 Å². The molecule has 2 atom stereocenters. The molecule has 1 aromatic rings. The first-order valence-corrected chi connectivity index (χ1v) is 5.96. The number of rotatable bonds is 1. The van der Waals surface area contributed by atoms with Crippen molar-refractivity contribution in [2.24, 2.45) is 7.05 Å². The average molecular weight is 238 g/mol. The maximum Gasteiger partial charge on any atom is 0.343 e. The Labute approximate surface area is 99.6 Å². The van der Waals surface area contributed by atoms with Crippen LogP contribution in [0.3, 0.4) is 0 Å². The van der Waals surface area contributed by atoms with E-state index >= 15 is 0 Å². The minimum atomic E-state index is -0.356. The van der Waals surface area contributed by atoms with Gasteiger partial charge in [0.15, 0.2) is 0 Å². The fourth-order valence-corrected chi connectivity index (χ4v) is 2.44. The lowest BCUT2D eigenvalue weighted by Crippen LogP contribution is -2.47. The van der Waals surface area contributed by atoms with Gasteiger partial charge in [0.2, 0.25) is 5.82 Å². The second kappa shape index (κ2) is 4.35. The van der Waals surface area contributed by atoms with Gasteiger partial charge in [-0.05, 0) is 33.1 Å². The second-order valence-corrected chi connectivity index (χ2v) is 4.74. The number of hydrogen-bond donors (Lipinski definition) is 1. The number of H-pyrrole nitrogens is 1. The van der Waals surface area contributed by atoms with Crippen molar-refractivity contribution >= 4 is 5.91 Å². The van der Waals surface area contributed by atoms with Crippen LogP contribution in [-0.2, 0) is 7.05 Å². The molecule has 2 rings (SSSR count). The molecule has 6 nitrogen and oxygen atoms in total. The van der Waals surface area contributed by atoms with Crippen molar-refractivity contribution < 1.29 is 4.79 Å². The number of aromatic nitrogens is 3. The first kappa shape index (κ1) is 11.9. The van der Waals surface area contributed by atoms with Gasteiger partial charge in [-0.1, -0.05) is 0 Å². The van der Waals surface area contributed by atoms with Crippen molar-refractivity contribution in [3.63, 3.8) is 0 Å². The quantitative estimate of drug-likeness (QED) is 0.775. The number of carbonyl (C=O) groups excluding carboxylic acids is 1. The number of hydrogen-bond acceptors (Lipinski definition) is 3. The fourth-order valence-electron chi connectivity index (χ4n) is 2.44. The molecule has 1 N–H and O–H groups in total. The summed E-state index contributed by atoms with van der Waals surface area (Å²) < 4.78 is 1.15. The highest BCUT2D eigenvalue weighted by Crippen LogP contribution is 2.23. The highest BCUT2D eigenvalue weighted by atomic mass is 16.2. The molecule has 1 aliphatic heterocycles. The van der Waals surface area contributed by atoms with E-state index in [-0.39, 0.29) is 29.5 Å². The largest absolute Gasteiger partial charge is 0.343 e. The van der Waals surface area contributed by atoms with Gasteiger partial charge in [-0.3, -0.25) is 9.78 Å². The molecule has 17 heavy (non-hydrogen) atoms. The highest BCUT2D eigenvalue weighted by molar-refractivity contribution is 5.90. The summed E-state index contributed by atoms with van der Waals surface area (Å²) in [6.45, 7) is 4.07. The van der Waals surface area contributed by atoms with Gasteiger partial charge in [-0.15, -0.1) is 5.10 Å². The Bertz CT molecular complexity index is 466. The second-order valence-electron chi connectivity index (χ2n) is 4.74. The predicted molar refractivity (Wildman–Crippen MR) is 62.8 cm³/mol. The Morgan fingerprint density at radius 3 is 2.41 bits per heavy atom. The third kappa shape index (κ3) is 2.11. The van der Waals surface area contributed by atoms with Crippen LogP contribution < -0.4 is 5.69 Å². The Kier molecular flexibility index (Phi) is 3.04. The maximum atomic E-state index is 12.3. The zero-order valence-corrected chi connectivity index (χ0v) is 10.4. The van der Waals surface area contributed by atoms with Gasteiger partial charge in [0.1, 0.15) is 0 Å². The summed E-state index contributed by atoms with van der Waals surface area (Å²) in [5.74, 6) is -0.0412. The van der Waals surface area contributed by atoms with Gasteiger partial charge in [-0.2, -0.15) is 0 Å². The summed E-state index contributed by atoms with van der Waals surface area (Å²) >= 11 is 0. The topological polar surface area (TPSA) is 71.0 Å². The van der Waals surface area contributed by atoms with Crippen LogP contribution in [0.15, 0.2) is 4.79 Å². The zero-order valence-electron chi connectivity index (χ0n) is 10.4. The molecule has 94 valence electrons. The van der Waals surface area contributed by atoms with E-state index in [1.165, 1.54) is 7.05 Å². The van der Waals surface area contributed by atoms with Crippen molar-refractivity contribution in [3.05, 3.63) is 16.3 Å². The normalized spacial score (nSPS) is 25.0. The van der Waals surface area contributed by atoms with E-state index in [1.54, 1.807) is 0 Å². The molecule has 0 bridgehead atoms. The van der Waals surface area contributed by atoms with E-state index in [0.717, 1.165) is 23.9 Å². The lowest BCUT2D eigenvalue weighted by molar-refractivity contribution is 0.0498. The van der Waals surface area contributed by atoms with Crippen LogP contribution in [0.25, 0.3) is 0 Å². The van der Waals surface area contributed by atoms with Crippen molar-refractivity contribution in [1.82, 2.24) is 19.7 Å². The number of nitrogens with zero attached hydrogens (tertiary/aromatic N) is 3. The van der Waals surface area contributed by atoms with E-state index in [2.05, 4.69) is 10.1 Å². The summed E-state index contributed by atoms with van der Waals surface area (Å²) in [5.41, 5.74) is -0.356. The Morgan fingerprint density at radius 1 is 1.35 bits per heavy atom. The number of aromatic amines is 1. The molecular formula is C11H18N4O2. The van der Waals surface area contributed by atoms with Crippen molar-refractivity contribution in [2.75, 3.05) is 0 Å². The molecule has 1 amide bonds. The molecule has 0 spiro atoms. The maximum absolute atomic E-state index is 12.3. The number of aryl methyl sites for hydroxylation is 1. The Balaban J connectivity index is 2.26. The zero-order chi connectivity index (χ0) is 12.6. The van der Waals surface area contributed by atoms with Gasteiger partial charge in [-0.25, -0.2) is 9.48 Å². The molecule has 1 aromatic heterocycles. The minimum absolute atomic E-state index is 0.137. The third-order valence-electron chi connectivity index (χ3n) is 3.40. The van der Waals surface area contributed by atoms with Crippen LogP contribution >= 0.6 is 0 Å². The third-order valence-corrected chi connectivity index (χ3v) is 3.40. The highest BCUT2D eigenvalue weighted by Gasteiger charge is 2.31. The van der Waals surface area contributed by atoms with Gasteiger partial charge in [0, 0.05) is 19.1 Å². The number of piperidine rings is 1. The van der Waals surface area contributed by atoms with Crippen molar-refractivity contribution in [2.45, 2.75) is 45.2 Å². The van der Waals surface area contributed by atoms with E-state index < -0.39 is 0 Å². The number of amides is 1. The molecule has 0 aromatic carbocycles. The first-order chi connectivity index (χ1) is 8.00. The lowest BCUT2D eigenvalue weighted by atomic mass is 9.97. The molecule has 1 saturated heterocycles. The lowest BCUT2D eigenvalue weighted by Gasteiger charge is -2.38. The van der Waals surface area contributed by atoms with Crippen LogP contribution in [0.4, 0.5) is 0 Å². The SMILES string of the molecule is CC1CCCC(C)N1C(=O)c1nn(C)c(=O)[nH]1. The van der Waals surface area contributed by atoms with Crippen molar-refractivity contribution in [1.29, 1.82) is 0 Å². The summed E-state index contributed by atoms with van der Waals surface area (Å²) in [5, 5.41) is 3.91. The van der Waals surface area contributed by atoms with E-state index in [0.29, 0.717) is 0 Å². The minimum Gasteiger partial charge on any atom is -0.331 e. The summed E-state index contributed by atoms with van der Waals surface area (Å²) in [4.78, 5) is 27.8. The molecule has 0 saturated carbocycles. The predicted octanol–water partition coefficient (Wildman–Crippen LogP) is 0.511. The standard InChI is InChI=1S/C11H18N4O2/c1-7-5-4-6-8(2)15(7)10(16)9-12-11(17)14(3)13-9/h7-8H,4-6H2,1-3H3,(H,12,13,17). The summed E-state index contributed by atoms with van der Waals surface area (Å²) in [6.07, 6.45) is 3.16. The summed E-state index contributed by atoms with van der Waals surface area (Å²) in [6, 6.07) is 0.411. The number of carbonyl (C=O) groups is 1. The molecule has 0 radical (unpaired) electrons. The molecule has 0 aliphatic carbocycles. The fraction of sp³-hybridized carbons (Fsp3) is 0.727. The first-order valence-electron chi connectivity index (χ1n) is 5.96. The molecule has 6 heteroatoms. The Hall–Kier alpha value is -1.59. The van der Waals surface area contributed by atoms with Crippen LogP contribution in [-0.4, -0.2) is 37.7 Å². The molecular weight excluding hydrogens is 220 g/mol.